The van der Waals surface area contributed by atoms with Crippen LogP contribution in [0.1, 0.15) is 18.1 Å². The van der Waals surface area contributed by atoms with Crippen LogP contribution in [-0.2, 0) is 6.42 Å². The highest BCUT2D eigenvalue weighted by atomic mass is 14.9. The van der Waals surface area contributed by atoms with Crippen molar-refractivity contribution in [2.24, 2.45) is 0 Å². The van der Waals surface area contributed by atoms with Gasteiger partial charge in [-0.25, -0.2) is 0 Å². The number of hydrogen-bond donors (Lipinski definition) is 1. The van der Waals surface area contributed by atoms with E-state index in [1.165, 1.54) is 11.1 Å². The Balaban J connectivity index is 2.98. The van der Waals surface area contributed by atoms with Crippen molar-refractivity contribution in [1.82, 2.24) is 0 Å². The lowest BCUT2D eigenvalue weighted by Crippen LogP contribution is -1.91. The molecule has 1 N–H and O–H groups in total. The molecule has 2 nitrogen and oxygen atoms in total. The van der Waals surface area contributed by atoms with Gasteiger partial charge >= 0.3 is 0 Å². The van der Waals surface area contributed by atoms with E-state index >= 15 is 0 Å². The van der Waals surface area contributed by atoms with E-state index in [-0.39, 0.29) is 0 Å². The van der Waals surface area contributed by atoms with Crippen LogP contribution in [0.15, 0.2) is 18.2 Å². The third-order valence-electron chi connectivity index (χ3n) is 1.93. The second-order valence-corrected chi connectivity index (χ2v) is 2.73. The SMILES string of the molecule is CCc1cc(NC#N)ccc1C. The van der Waals surface area contributed by atoms with Crippen molar-refractivity contribution in [3.63, 3.8) is 0 Å². The number of anilines is 1. The van der Waals surface area contributed by atoms with Gasteiger partial charge in [-0.05, 0) is 36.6 Å². The van der Waals surface area contributed by atoms with E-state index in [0.717, 1.165) is 12.1 Å². The average Bonchev–Trinajstić information content (AvgIpc) is 2.09. The molecule has 0 radical (unpaired) electrons. The Bertz CT molecular complexity index is 310. The van der Waals surface area contributed by atoms with Gasteiger partial charge < -0.3 is 0 Å². The quantitative estimate of drug-likeness (QED) is 0.532. The summed E-state index contributed by atoms with van der Waals surface area (Å²) in [6, 6.07) is 5.95. The van der Waals surface area contributed by atoms with Crippen LogP contribution in [0, 0.1) is 18.4 Å². The highest BCUT2D eigenvalue weighted by Crippen LogP contribution is 2.15. The summed E-state index contributed by atoms with van der Waals surface area (Å²) in [7, 11) is 0. The van der Waals surface area contributed by atoms with E-state index in [2.05, 4.69) is 19.2 Å². The Morgan fingerprint density at radius 2 is 2.25 bits per heavy atom. The molecule has 1 aromatic carbocycles. The van der Waals surface area contributed by atoms with Crippen LogP contribution in [0.25, 0.3) is 0 Å². The molecule has 0 saturated heterocycles. The molecule has 0 aliphatic carbocycles. The molecular formula is C10H12N2. The van der Waals surface area contributed by atoms with Crippen molar-refractivity contribution in [1.29, 1.82) is 5.26 Å². The van der Waals surface area contributed by atoms with E-state index in [4.69, 9.17) is 5.26 Å². The van der Waals surface area contributed by atoms with Gasteiger partial charge in [0.2, 0.25) is 0 Å². The summed E-state index contributed by atoms with van der Waals surface area (Å²) < 4.78 is 0. The van der Waals surface area contributed by atoms with Gasteiger partial charge in [-0.2, -0.15) is 5.26 Å². The first-order valence-corrected chi connectivity index (χ1v) is 4.02. The molecular weight excluding hydrogens is 148 g/mol. The maximum atomic E-state index is 8.39. The largest absolute Gasteiger partial charge is 0.293 e. The van der Waals surface area contributed by atoms with Gasteiger partial charge in [0.1, 0.15) is 0 Å². The summed E-state index contributed by atoms with van der Waals surface area (Å²) in [6.07, 6.45) is 2.91. The van der Waals surface area contributed by atoms with Gasteiger partial charge in [-0.3, -0.25) is 5.32 Å². The molecule has 12 heavy (non-hydrogen) atoms. The lowest BCUT2D eigenvalue weighted by molar-refractivity contribution is 1.11. The molecule has 2 heteroatoms. The second kappa shape index (κ2) is 3.77. The monoisotopic (exact) mass is 160 g/mol. The summed E-state index contributed by atoms with van der Waals surface area (Å²) in [5.41, 5.74) is 3.44. The first-order chi connectivity index (χ1) is 5.77. The number of nitriles is 1. The number of hydrogen-bond acceptors (Lipinski definition) is 2. The minimum Gasteiger partial charge on any atom is -0.293 e. The van der Waals surface area contributed by atoms with Crippen LogP contribution < -0.4 is 5.32 Å². The zero-order valence-corrected chi connectivity index (χ0v) is 7.39. The fourth-order valence-corrected chi connectivity index (χ4v) is 1.19. The summed E-state index contributed by atoms with van der Waals surface area (Å²) >= 11 is 0. The van der Waals surface area contributed by atoms with Gasteiger partial charge in [0.05, 0.1) is 0 Å². The zero-order chi connectivity index (χ0) is 8.97. The standard InChI is InChI=1S/C10H12N2/c1-3-9-6-10(12-7-11)5-4-8(9)2/h4-6,12H,3H2,1-2H3. The van der Waals surface area contributed by atoms with Crippen molar-refractivity contribution in [3.05, 3.63) is 29.3 Å². The van der Waals surface area contributed by atoms with Crippen LogP contribution in [0.5, 0.6) is 0 Å². The second-order valence-electron chi connectivity index (χ2n) is 2.73. The third kappa shape index (κ3) is 1.76. The molecule has 0 aromatic heterocycles. The predicted molar refractivity (Wildman–Crippen MR) is 49.8 cm³/mol. The highest BCUT2D eigenvalue weighted by molar-refractivity contribution is 5.50. The van der Waals surface area contributed by atoms with Crippen LogP contribution in [0.3, 0.4) is 0 Å². The Labute approximate surface area is 72.8 Å². The van der Waals surface area contributed by atoms with Gasteiger partial charge in [0, 0.05) is 5.69 Å². The summed E-state index contributed by atoms with van der Waals surface area (Å²) in [5, 5.41) is 11.0. The molecule has 62 valence electrons. The smallest absolute Gasteiger partial charge is 0.181 e. The molecule has 0 saturated carbocycles. The van der Waals surface area contributed by atoms with E-state index < -0.39 is 0 Å². The number of nitrogens with zero attached hydrogens (tertiary/aromatic N) is 1. The molecule has 0 aliphatic rings. The summed E-state index contributed by atoms with van der Waals surface area (Å²) in [5.74, 6) is 0. The van der Waals surface area contributed by atoms with E-state index in [0.29, 0.717) is 0 Å². The van der Waals surface area contributed by atoms with Crippen molar-refractivity contribution in [3.8, 4) is 6.19 Å². The van der Waals surface area contributed by atoms with Crippen LogP contribution >= 0.6 is 0 Å². The predicted octanol–water partition coefficient (Wildman–Crippen LogP) is 2.45. The molecule has 0 unspecified atom stereocenters. The molecule has 0 bridgehead atoms. The van der Waals surface area contributed by atoms with Gasteiger partial charge in [-0.1, -0.05) is 13.0 Å². The minimum absolute atomic E-state index is 0.875. The Hall–Kier alpha value is -1.49. The highest BCUT2D eigenvalue weighted by Gasteiger charge is 1.96. The van der Waals surface area contributed by atoms with Crippen molar-refractivity contribution < 1.29 is 0 Å². The first-order valence-electron chi connectivity index (χ1n) is 4.02. The van der Waals surface area contributed by atoms with Crippen molar-refractivity contribution in [2.75, 3.05) is 5.32 Å². The number of benzene rings is 1. The molecule has 0 aliphatic heterocycles. The van der Waals surface area contributed by atoms with Gasteiger partial charge in [0.15, 0.2) is 6.19 Å². The van der Waals surface area contributed by atoms with Gasteiger partial charge in [0.25, 0.3) is 0 Å². The van der Waals surface area contributed by atoms with Crippen LogP contribution in [0.2, 0.25) is 0 Å². The topological polar surface area (TPSA) is 35.8 Å². The molecule has 0 atom stereocenters. The van der Waals surface area contributed by atoms with E-state index in [9.17, 15) is 0 Å². The molecule has 0 spiro atoms. The normalized spacial score (nSPS) is 9.08. The maximum Gasteiger partial charge on any atom is 0.181 e. The molecule has 0 heterocycles. The molecule has 1 aromatic rings. The summed E-state index contributed by atoms with van der Waals surface area (Å²) in [4.78, 5) is 0. The van der Waals surface area contributed by atoms with E-state index in [1.54, 1.807) is 0 Å². The Morgan fingerprint density at radius 3 is 2.83 bits per heavy atom. The summed E-state index contributed by atoms with van der Waals surface area (Å²) in [6.45, 7) is 4.19. The van der Waals surface area contributed by atoms with Gasteiger partial charge in [-0.15, -0.1) is 0 Å². The number of aryl methyl sites for hydroxylation is 2. The molecule has 0 fully saturated rings. The Kier molecular flexibility index (Phi) is 2.71. The molecule has 1 rings (SSSR count). The van der Waals surface area contributed by atoms with Crippen LogP contribution in [-0.4, -0.2) is 0 Å². The van der Waals surface area contributed by atoms with E-state index in [1.807, 2.05) is 24.4 Å². The molecule has 0 amide bonds. The Morgan fingerprint density at radius 1 is 1.50 bits per heavy atom. The maximum absolute atomic E-state index is 8.39. The fourth-order valence-electron chi connectivity index (χ4n) is 1.19. The average molecular weight is 160 g/mol. The van der Waals surface area contributed by atoms with Crippen LogP contribution in [0.4, 0.5) is 5.69 Å². The number of nitrogens with one attached hydrogen (secondary N) is 1. The first kappa shape index (κ1) is 8.61. The minimum atomic E-state index is 0.875. The lowest BCUT2D eigenvalue weighted by atomic mass is 10.1. The lowest BCUT2D eigenvalue weighted by Gasteiger charge is -2.04. The zero-order valence-electron chi connectivity index (χ0n) is 7.39. The third-order valence-corrected chi connectivity index (χ3v) is 1.93. The fraction of sp³-hybridized carbons (Fsp3) is 0.300. The number of rotatable bonds is 2. The van der Waals surface area contributed by atoms with Crippen molar-refractivity contribution >= 4 is 5.69 Å². The van der Waals surface area contributed by atoms with Crippen molar-refractivity contribution in [2.45, 2.75) is 20.3 Å².